The van der Waals surface area contributed by atoms with Crippen molar-refractivity contribution in [3.05, 3.63) is 0 Å². The van der Waals surface area contributed by atoms with Gasteiger partial charge in [0.05, 0.1) is 0 Å². The molecule has 1 nitrogen and oxygen atoms in total. The van der Waals surface area contributed by atoms with Crippen LogP contribution in [0.4, 0.5) is 13.2 Å². The molecular formula is C6H11F3O. The minimum Gasteiger partial charge on any atom is -0.372 e. The van der Waals surface area contributed by atoms with E-state index in [-0.39, 0.29) is 0 Å². The van der Waals surface area contributed by atoms with Gasteiger partial charge in [0.1, 0.15) is 6.17 Å². The number of methoxy groups -OCH3 is 1. The molecule has 0 aromatic rings. The van der Waals surface area contributed by atoms with Crippen molar-refractivity contribution in [3.8, 4) is 0 Å². The van der Waals surface area contributed by atoms with Gasteiger partial charge in [-0.05, 0) is 6.92 Å². The molecule has 0 saturated carbocycles. The quantitative estimate of drug-likeness (QED) is 0.607. The van der Waals surface area contributed by atoms with Crippen molar-refractivity contribution >= 4 is 0 Å². The first kappa shape index (κ1) is 9.75. The number of alkyl halides is 3. The first-order valence-corrected chi connectivity index (χ1v) is 2.94. The summed E-state index contributed by atoms with van der Waals surface area (Å²) in [6.45, 7) is 1.68. The van der Waals surface area contributed by atoms with Crippen LogP contribution in [0.5, 0.6) is 0 Å². The Bertz CT molecular complexity index is 97.7. The Morgan fingerprint density at radius 2 is 1.80 bits per heavy atom. The molecule has 2 unspecified atom stereocenters. The second kappa shape index (κ2) is 3.23. The van der Waals surface area contributed by atoms with Gasteiger partial charge in [-0.15, -0.1) is 0 Å². The highest BCUT2D eigenvalue weighted by Gasteiger charge is 2.38. The zero-order chi connectivity index (χ0) is 8.36. The van der Waals surface area contributed by atoms with E-state index in [1.807, 2.05) is 0 Å². The average molecular weight is 156 g/mol. The van der Waals surface area contributed by atoms with E-state index < -0.39 is 18.2 Å². The fraction of sp³-hybridized carbons (Fsp3) is 1.00. The lowest BCUT2D eigenvalue weighted by atomic mass is 10.1. The molecule has 0 radical (unpaired) electrons. The van der Waals surface area contributed by atoms with Crippen LogP contribution in [-0.2, 0) is 4.74 Å². The number of hydrogen-bond donors (Lipinski definition) is 0. The molecule has 0 aliphatic rings. The second-order valence-electron chi connectivity index (χ2n) is 2.29. The van der Waals surface area contributed by atoms with Crippen LogP contribution in [0, 0.1) is 0 Å². The van der Waals surface area contributed by atoms with Crippen LogP contribution in [0.2, 0.25) is 0 Å². The zero-order valence-corrected chi connectivity index (χ0v) is 6.20. The maximum atomic E-state index is 12.3. The van der Waals surface area contributed by atoms with Crippen molar-refractivity contribution in [2.75, 3.05) is 7.11 Å². The van der Waals surface area contributed by atoms with E-state index in [2.05, 4.69) is 4.74 Å². The Hall–Kier alpha value is -0.250. The lowest BCUT2D eigenvalue weighted by Crippen LogP contribution is -2.38. The molecule has 0 bridgehead atoms. The number of ether oxygens (including phenoxy) is 1. The van der Waals surface area contributed by atoms with Crippen LogP contribution in [0.15, 0.2) is 0 Å². The Kier molecular flexibility index (Phi) is 3.15. The standard InChI is InChI=1S/C6H11F3O/c1-4(7)5(10-3)6(2,8)9/h4-5H,1-3H3. The maximum absolute atomic E-state index is 12.3. The summed E-state index contributed by atoms with van der Waals surface area (Å²) in [6, 6.07) is 0. The van der Waals surface area contributed by atoms with E-state index >= 15 is 0 Å². The Morgan fingerprint density at radius 3 is 1.80 bits per heavy atom. The third-order valence-corrected chi connectivity index (χ3v) is 1.17. The Morgan fingerprint density at radius 1 is 1.40 bits per heavy atom. The van der Waals surface area contributed by atoms with E-state index in [0.29, 0.717) is 6.92 Å². The first-order valence-electron chi connectivity index (χ1n) is 2.94. The smallest absolute Gasteiger partial charge is 0.273 e. The third kappa shape index (κ3) is 2.56. The molecule has 62 valence electrons. The molecule has 0 amide bonds. The molecule has 0 aromatic carbocycles. The highest BCUT2D eigenvalue weighted by atomic mass is 19.3. The van der Waals surface area contributed by atoms with Crippen molar-refractivity contribution in [3.63, 3.8) is 0 Å². The molecule has 0 fully saturated rings. The van der Waals surface area contributed by atoms with E-state index in [9.17, 15) is 13.2 Å². The van der Waals surface area contributed by atoms with Crippen molar-refractivity contribution < 1.29 is 17.9 Å². The predicted molar refractivity (Wildman–Crippen MR) is 32.0 cm³/mol. The normalized spacial score (nSPS) is 18.6. The van der Waals surface area contributed by atoms with Gasteiger partial charge in [0.2, 0.25) is 0 Å². The molecule has 0 aliphatic heterocycles. The van der Waals surface area contributed by atoms with Crippen LogP contribution in [0.3, 0.4) is 0 Å². The Labute approximate surface area is 58.2 Å². The minimum atomic E-state index is -3.11. The van der Waals surface area contributed by atoms with Gasteiger partial charge < -0.3 is 4.74 Å². The number of hydrogen-bond acceptors (Lipinski definition) is 1. The highest BCUT2D eigenvalue weighted by molar-refractivity contribution is 4.77. The molecule has 0 spiro atoms. The number of rotatable bonds is 3. The van der Waals surface area contributed by atoms with Crippen LogP contribution >= 0.6 is 0 Å². The summed E-state index contributed by atoms with van der Waals surface area (Å²) in [5.41, 5.74) is 0. The van der Waals surface area contributed by atoms with Gasteiger partial charge in [-0.1, -0.05) is 0 Å². The molecule has 0 saturated heterocycles. The van der Waals surface area contributed by atoms with Crippen LogP contribution in [-0.4, -0.2) is 25.3 Å². The summed E-state index contributed by atoms with van der Waals surface area (Å²) in [6.07, 6.45) is -3.28. The highest BCUT2D eigenvalue weighted by Crippen LogP contribution is 2.23. The maximum Gasteiger partial charge on any atom is 0.273 e. The summed E-state index contributed by atoms with van der Waals surface area (Å²) in [4.78, 5) is 0. The molecule has 0 aromatic heterocycles. The van der Waals surface area contributed by atoms with Gasteiger partial charge in [0.15, 0.2) is 6.10 Å². The van der Waals surface area contributed by atoms with E-state index in [0.717, 1.165) is 14.0 Å². The van der Waals surface area contributed by atoms with Crippen LogP contribution in [0.25, 0.3) is 0 Å². The van der Waals surface area contributed by atoms with Crippen LogP contribution < -0.4 is 0 Å². The molecule has 2 atom stereocenters. The van der Waals surface area contributed by atoms with Crippen LogP contribution in [0.1, 0.15) is 13.8 Å². The van der Waals surface area contributed by atoms with Gasteiger partial charge >= 0.3 is 0 Å². The van der Waals surface area contributed by atoms with Gasteiger partial charge in [-0.25, -0.2) is 13.2 Å². The lowest BCUT2D eigenvalue weighted by molar-refractivity contribution is -0.136. The summed E-state index contributed by atoms with van der Waals surface area (Å²) in [7, 11) is 1.07. The van der Waals surface area contributed by atoms with Gasteiger partial charge in [0.25, 0.3) is 5.92 Å². The average Bonchev–Trinajstić information content (AvgIpc) is 1.60. The summed E-state index contributed by atoms with van der Waals surface area (Å²) in [5, 5.41) is 0. The van der Waals surface area contributed by atoms with Gasteiger partial charge in [-0.2, -0.15) is 0 Å². The summed E-state index contributed by atoms with van der Waals surface area (Å²) >= 11 is 0. The summed E-state index contributed by atoms with van der Waals surface area (Å²) in [5.74, 6) is -3.11. The topological polar surface area (TPSA) is 9.23 Å². The molecule has 0 N–H and O–H groups in total. The number of halogens is 3. The van der Waals surface area contributed by atoms with Crippen molar-refractivity contribution in [1.82, 2.24) is 0 Å². The van der Waals surface area contributed by atoms with E-state index in [1.165, 1.54) is 0 Å². The van der Waals surface area contributed by atoms with Gasteiger partial charge in [0, 0.05) is 14.0 Å². The largest absolute Gasteiger partial charge is 0.372 e. The van der Waals surface area contributed by atoms with Gasteiger partial charge in [-0.3, -0.25) is 0 Å². The van der Waals surface area contributed by atoms with Crippen molar-refractivity contribution in [2.45, 2.75) is 32.0 Å². The molecule has 4 heteroatoms. The van der Waals surface area contributed by atoms with Crippen molar-refractivity contribution in [2.24, 2.45) is 0 Å². The van der Waals surface area contributed by atoms with Crippen molar-refractivity contribution in [1.29, 1.82) is 0 Å². The Balaban J connectivity index is 4.07. The molecular weight excluding hydrogens is 145 g/mol. The fourth-order valence-corrected chi connectivity index (χ4v) is 0.798. The summed E-state index contributed by atoms with van der Waals surface area (Å²) < 4.78 is 41.1. The molecule has 0 aliphatic carbocycles. The SMILES string of the molecule is COC(C(C)F)C(C)(F)F. The fourth-order valence-electron chi connectivity index (χ4n) is 0.798. The lowest BCUT2D eigenvalue weighted by Gasteiger charge is -2.22. The first-order chi connectivity index (χ1) is 4.39. The zero-order valence-electron chi connectivity index (χ0n) is 6.20. The van der Waals surface area contributed by atoms with E-state index in [4.69, 9.17) is 0 Å². The molecule has 0 rings (SSSR count). The van der Waals surface area contributed by atoms with E-state index in [1.54, 1.807) is 0 Å². The predicted octanol–water partition coefficient (Wildman–Crippen LogP) is 2.01. The minimum absolute atomic E-state index is 0.636. The monoisotopic (exact) mass is 156 g/mol. The second-order valence-corrected chi connectivity index (χ2v) is 2.29. The molecule has 10 heavy (non-hydrogen) atoms. The molecule has 0 heterocycles. The third-order valence-electron chi connectivity index (χ3n) is 1.17.